The van der Waals surface area contributed by atoms with Gasteiger partial charge in [0.15, 0.2) is 0 Å². The molecule has 7 heteroatoms. The first-order valence-corrected chi connectivity index (χ1v) is 13.4. The van der Waals surface area contributed by atoms with Crippen LogP contribution in [0.2, 0.25) is 0 Å². The third-order valence-corrected chi connectivity index (χ3v) is 8.44. The molecule has 27 heavy (non-hydrogen) atoms. The van der Waals surface area contributed by atoms with Gasteiger partial charge in [-0.2, -0.15) is 0 Å². The van der Waals surface area contributed by atoms with E-state index in [9.17, 15) is 9.36 Å². The Bertz CT molecular complexity index is 396. The van der Waals surface area contributed by atoms with Crippen LogP contribution < -0.4 is 0 Å². The summed E-state index contributed by atoms with van der Waals surface area (Å²) in [6.07, 6.45) is 12.6. The fraction of sp³-hybridized carbons (Fsp3) is 0.950. The predicted octanol–water partition coefficient (Wildman–Crippen LogP) is 6.80. The van der Waals surface area contributed by atoms with Gasteiger partial charge >= 0.3 is 13.6 Å². The number of unbranched alkanes of at least 4 members (excludes halogenated alkanes) is 9. The fourth-order valence-electron chi connectivity index (χ4n) is 2.82. The molecular formula is C20H41O5PS. The van der Waals surface area contributed by atoms with Crippen molar-refractivity contribution in [2.75, 3.05) is 25.6 Å². The van der Waals surface area contributed by atoms with Crippen molar-refractivity contribution in [3.05, 3.63) is 0 Å². The maximum atomic E-state index is 13.0. The Balaban J connectivity index is 4.19. The summed E-state index contributed by atoms with van der Waals surface area (Å²) in [4.78, 5) is 11.4. The van der Waals surface area contributed by atoms with E-state index >= 15 is 0 Å². The highest BCUT2D eigenvalue weighted by molar-refractivity contribution is 8.06. The topological polar surface area (TPSA) is 61.8 Å². The number of rotatable bonds is 19. The van der Waals surface area contributed by atoms with Crippen LogP contribution in [0.15, 0.2) is 0 Å². The average Bonchev–Trinajstić information content (AvgIpc) is 2.63. The monoisotopic (exact) mass is 424 g/mol. The van der Waals surface area contributed by atoms with Gasteiger partial charge in [0.2, 0.25) is 4.99 Å². The van der Waals surface area contributed by atoms with Crippen LogP contribution >= 0.6 is 19.4 Å². The number of hydrogen-bond acceptors (Lipinski definition) is 6. The van der Waals surface area contributed by atoms with Crippen LogP contribution in [0.5, 0.6) is 0 Å². The summed E-state index contributed by atoms with van der Waals surface area (Å²) in [5.41, 5.74) is 0. The Morgan fingerprint density at radius 1 is 0.778 bits per heavy atom. The average molecular weight is 425 g/mol. The van der Waals surface area contributed by atoms with Crippen LogP contribution in [0.3, 0.4) is 0 Å². The van der Waals surface area contributed by atoms with Crippen molar-refractivity contribution in [2.24, 2.45) is 0 Å². The Hall–Kier alpha value is -0.0300. The van der Waals surface area contributed by atoms with Gasteiger partial charge in [-0.1, -0.05) is 64.7 Å². The lowest BCUT2D eigenvalue weighted by Crippen LogP contribution is -2.23. The Kier molecular flexibility index (Phi) is 18.0. The van der Waals surface area contributed by atoms with E-state index < -0.39 is 18.6 Å². The molecule has 0 aliphatic heterocycles. The molecule has 0 aromatic rings. The van der Waals surface area contributed by atoms with Crippen LogP contribution in [0.25, 0.3) is 0 Å². The largest absolute Gasteiger partial charge is 0.465 e. The Morgan fingerprint density at radius 3 is 1.70 bits per heavy atom. The van der Waals surface area contributed by atoms with E-state index in [1.54, 1.807) is 20.8 Å². The number of carbonyl (C=O) groups excluding carboxylic acids is 1. The van der Waals surface area contributed by atoms with Crippen molar-refractivity contribution in [3.63, 3.8) is 0 Å². The minimum Gasteiger partial charge on any atom is -0.465 e. The molecule has 5 nitrogen and oxygen atoms in total. The summed E-state index contributed by atoms with van der Waals surface area (Å²) in [6.45, 7) is 8.23. The van der Waals surface area contributed by atoms with Gasteiger partial charge in [-0.3, -0.25) is 9.36 Å². The third-order valence-electron chi connectivity index (χ3n) is 4.17. The molecule has 0 aromatic carbocycles. The first-order chi connectivity index (χ1) is 13.1. The molecule has 0 heterocycles. The van der Waals surface area contributed by atoms with Gasteiger partial charge in [-0.25, -0.2) is 0 Å². The minimum absolute atomic E-state index is 0.242. The molecule has 1 atom stereocenters. The van der Waals surface area contributed by atoms with Gasteiger partial charge in [0, 0.05) is 0 Å². The van der Waals surface area contributed by atoms with E-state index in [-0.39, 0.29) is 19.8 Å². The first-order valence-electron chi connectivity index (χ1n) is 10.7. The van der Waals surface area contributed by atoms with Crippen molar-refractivity contribution in [1.82, 2.24) is 0 Å². The molecule has 0 aromatic heterocycles. The quantitative estimate of drug-likeness (QED) is 0.129. The van der Waals surface area contributed by atoms with E-state index in [1.165, 1.54) is 63.1 Å². The number of hydrogen-bond donors (Lipinski definition) is 0. The molecule has 0 N–H and O–H groups in total. The fourth-order valence-corrected chi connectivity index (χ4v) is 6.43. The molecule has 0 saturated heterocycles. The van der Waals surface area contributed by atoms with E-state index in [0.29, 0.717) is 0 Å². The molecule has 0 aliphatic rings. The maximum Gasteiger partial charge on any atom is 0.354 e. The molecule has 0 spiro atoms. The molecular weight excluding hydrogens is 383 g/mol. The highest BCUT2D eigenvalue weighted by Crippen LogP contribution is 2.57. The van der Waals surface area contributed by atoms with E-state index in [0.717, 1.165) is 18.6 Å². The van der Waals surface area contributed by atoms with Crippen LogP contribution in [0.4, 0.5) is 0 Å². The normalized spacial score (nSPS) is 12.9. The molecule has 0 radical (unpaired) electrons. The van der Waals surface area contributed by atoms with Gasteiger partial charge in [0.05, 0.1) is 19.8 Å². The number of esters is 1. The lowest BCUT2D eigenvalue weighted by Gasteiger charge is -2.24. The molecule has 0 amide bonds. The first kappa shape index (κ1) is 27.0. The van der Waals surface area contributed by atoms with E-state index in [1.807, 2.05) is 0 Å². The van der Waals surface area contributed by atoms with Crippen molar-refractivity contribution >= 4 is 25.3 Å². The highest BCUT2D eigenvalue weighted by Gasteiger charge is 2.42. The van der Waals surface area contributed by atoms with Crippen LogP contribution in [-0.2, 0) is 23.1 Å². The minimum atomic E-state index is -3.51. The van der Waals surface area contributed by atoms with Gasteiger partial charge in [0.25, 0.3) is 0 Å². The van der Waals surface area contributed by atoms with Crippen molar-refractivity contribution in [2.45, 2.75) is 96.9 Å². The van der Waals surface area contributed by atoms with Gasteiger partial charge < -0.3 is 13.8 Å². The summed E-state index contributed by atoms with van der Waals surface area (Å²) in [6, 6.07) is 0. The SMILES string of the molecule is CCCCCCCCCCCCSC(C(=O)OCC)P(=O)(OCC)OCC. The van der Waals surface area contributed by atoms with Gasteiger partial charge in [-0.15, -0.1) is 11.8 Å². The molecule has 0 fully saturated rings. The number of ether oxygens (including phenoxy) is 1. The zero-order valence-electron chi connectivity index (χ0n) is 17.9. The summed E-state index contributed by atoms with van der Waals surface area (Å²) in [7, 11) is -3.51. The molecule has 0 rings (SSSR count). The van der Waals surface area contributed by atoms with Crippen LogP contribution in [0, 0.1) is 0 Å². The maximum absolute atomic E-state index is 13.0. The Morgan fingerprint density at radius 2 is 1.26 bits per heavy atom. The number of thioether (sulfide) groups is 1. The standard InChI is InChI=1S/C20H41O5PS/c1-5-9-10-11-12-13-14-15-16-17-18-27-20(19(21)23-6-2)26(22,24-7-3)25-8-4/h20H,5-18H2,1-4H3. The van der Waals surface area contributed by atoms with E-state index in [2.05, 4.69) is 6.92 Å². The molecule has 0 saturated carbocycles. The van der Waals surface area contributed by atoms with Crippen molar-refractivity contribution in [3.8, 4) is 0 Å². The summed E-state index contributed by atoms with van der Waals surface area (Å²) in [5, 5.41) is 0. The molecule has 0 aliphatic carbocycles. The van der Waals surface area contributed by atoms with Crippen LogP contribution in [0.1, 0.15) is 91.9 Å². The van der Waals surface area contributed by atoms with Crippen molar-refractivity contribution < 1.29 is 23.1 Å². The summed E-state index contributed by atoms with van der Waals surface area (Å²) < 4.78 is 28.8. The lowest BCUT2D eigenvalue weighted by atomic mass is 10.1. The number of carbonyl (C=O) groups is 1. The second-order valence-corrected chi connectivity index (χ2v) is 10.2. The lowest BCUT2D eigenvalue weighted by molar-refractivity contribution is -0.141. The molecule has 0 bridgehead atoms. The Labute approximate surface area is 171 Å². The second-order valence-electron chi connectivity index (χ2n) is 6.53. The van der Waals surface area contributed by atoms with Gasteiger partial charge in [-0.05, 0) is 32.9 Å². The molecule has 162 valence electrons. The van der Waals surface area contributed by atoms with E-state index in [4.69, 9.17) is 13.8 Å². The molecule has 1 unspecified atom stereocenters. The smallest absolute Gasteiger partial charge is 0.354 e. The summed E-state index contributed by atoms with van der Waals surface area (Å²) >= 11 is 1.35. The zero-order chi connectivity index (χ0) is 20.4. The van der Waals surface area contributed by atoms with Crippen LogP contribution in [-0.4, -0.2) is 36.5 Å². The zero-order valence-corrected chi connectivity index (χ0v) is 19.6. The highest BCUT2D eigenvalue weighted by atomic mass is 32.2. The summed E-state index contributed by atoms with van der Waals surface area (Å²) in [5.74, 6) is 0.254. The third kappa shape index (κ3) is 12.9. The second kappa shape index (κ2) is 18.0. The van der Waals surface area contributed by atoms with Crippen molar-refractivity contribution in [1.29, 1.82) is 0 Å². The predicted molar refractivity (Wildman–Crippen MR) is 116 cm³/mol. The van der Waals surface area contributed by atoms with Gasteiger partial charge in [0.1, 0.15) is 0 Å².